The SMILES string of the molecule is COc1ccc(NCC2CN(C)CCO2)cc1C. The molecule has 4 heteroatoms. The molecule has 0 amide bonds. The Hall–Kier alpha value is -1.26. The Balaban J connectivity index is 1.88. The minimum absolute atomic E-state index is 0.270. The van der Waals surface area contributed by atoms with E-state index in [1.807, 2.05) is 12.1 Å². The predicted molar refractivity (Wildman–Crippen MR) is 73.5 cm³/mol. The molecule has 2 rings (SSSR count). The molecule has 1 aliphatic heterocycles. The van der Waals surface area contributed by atoms with Crippen molar-refractivity contribution in [2.24, 2.45) is 0 Å². The number of methoxy groups -OCH3 is 1. The lowest BCUT2D eigenvalue weighted by atomic mass is 10.2. The summed E-state index contributed by atoms with van der Waals surface area (Å²) in [6, 6.07) is 6.13. The number of hydrogen-bond acceptors (Lipinski definition) is 4. The van der Waals surface area contributed by atoms with Crippen LogP contribution in [0.25, 0.3) is 0 Å². The van der Waals surface area contributed by atoms with Crippen LogP contribution in [0.3, 0.4) is 0 Å². The third kappa shape index (κ3) is 3.37. The molecule has 1 unspecified atom stereocenters. The summed E-state index contributed by atoms with van der Waals surface area (Å²) in [5.41, 5.74) is 2.26. The van der Waals surface area contributed by atoms with Gasteiger partial charge in [-0.05, 0) is 37.7 Å². The van der Waals surface area contributed by atoms with Gasteiger partial charge in [0.2, 0.25) is 0 Å². The van der Waals surface area contributed by atoms with Crippen LogP contribution in [0.4, 0.5) is 5.69 Å². The second-order valence-corrected chi connectivity index (χ2v) is 4.82. The number of benzene rings is 1. The van der Waals surface area contributed by atoms with Gasteiger partial charge in [0, 0.05) is 25.3 Å². The molecule has 100 valence electrons. The van der Waals surface area contributed by atoms with Crippen LogP contribution in [0.1, 0.15) is 5.56 Å². The van der Waals surface area contributed by atoms with Crippen LogP contribution < -0.4 is 10.1 Å². The van der Waals surface area contributed by atoms with Crippen molar-refractivity contribution in [3.8, 4) is 5.75 Å². The summed E-state index contributed by atoms with van der Waals surface area (Å²) in [5, 5.41) is 3.42. The van der Waals surface area contributed by atoms with Gasteiger partial charge in [-0.1, -0.05) is 0 Å². The molecule has 1 N–H and O–H groups in total. The van der Waals surface area contributed by atoms with Gasteiger partial charge >= 0.3 is 0 Å². The zero-order valence-corrected chi connectivity index (χ0v) is 11.4. The van der Waals surface area contributed by atoms with E-state index in [1.165, 1.54) is 0 Å². The molecule has 4 nitrogen and oxygen atoms in total. The molecule has 0 saturated carbocycles. The van der Waals surface area contributed by atoms with Crippen LogP contribution in [0, 0.1) is 6.92 Å². The quantitative estimate of drug-likeness (QED) is 0.882. The smallest absolute Gasteiger partial charge is 0.121 e. The fraction of sp³-hybridized carbons (Fsp3) is 0.571. The van der Waals surface area contributed by atoms with Crippen molar-refractivity contribution in [2.45, 2.75) is 13.0 Å². The Kier molecular flexibility index (Phi) is 4.44. The van der Waals surface area contributed by atoms with Crippen molar-refractivity contribution < 1.29 is 9.47 Å². The van der Waals surface area contributed by atoms with E-state index in [0.29, 0.717) is 0 Å². The van der Waals surface area contributed by atoms with E-state index in [2.05, 4.69) is 30.3 Å². The summed E-state index contributed by atoms with van der Waals surface area (Å²) >= 11 is 0. The lowest BCUT2D eigenvalue weighted by Gasteiger charge is -2.30. The second-order valence-electron chi connectivity index (χ2n) is 4.82. The van der Waals surface area contributed by atoms with Crippen molar-refractivity contribution in [2.75, 3.05) is 45.7 Å². The first-order chi connectivity index (χ1) is 8.69. The van der Waals surface area contributed by atoms with Gasteiger partial charge < -0.3 is 19.7 Å². The van der Waals surface area contributed by atoms with Crippen LogP contribution in [0.2, 0.25) is 0 Å². The van der Waals surface area contributed by atoms with Crippen molar-refractivity contribution in [1.29, 1.82) is 0 Å². The maximum absolute atomic E-state index is 5.72. The summed E-state index contributed by atoms with van der Waals surface area (Å²) < 4.78 is 11.0. The normalized spacial score (nSPS) is 20.7. The summed E-state index contributed by atoms with van der Waals surface area (Å²) in [5.74, 6) is 0.925. The summed E-state index contributed by atoms with van der Waals surface area (Å²) in [6.07, 6.45) is 0.270. The summed E-state index contributed by atoms with van der Waals surface area (Å²) in [4.78, 5) is 2.30. The molecule has 1 saturated heterocycles. The number of nitrogens with zero attached hydrogens (tertiary/aromatic N) is 1. The Bertz CT molecular complexity index is 395. The maximum Gasteiger partial charge on any atom is 0.121 e. The first kappa shape index (κ1) is 13.2. The molecule has 1 fully saturated rings. The van der Waals surface area contributed by atoms with Crippen molar-refractivity contribution in [3.05, 3.63) is 23.8 Å². The highest BCUT2D eigenvalue weighted by Gasteiger charge is 2.17. The third-order valence-electron chi connectivity index (χ3n) is 3.27. The Morgan fingerprint density at radius 1 is 1.50 bits per heavy atom. The molecule has 1 heterocycles. The Morgan fingerprint density at radius 2 is 2.33 bits per heavy atom. The topological polar surface area (TPSA) is 33.7 Å². The third-order valence-corrected chi connectivity index (χ3v) is 3.27. The predicted octanol–water partition coefficient (Wildman–Crippen LogP) is 1.75. The van der Waals surface area contributed by atoms with Crippen molar-refractivity contribution in [1.82, 2.24) is 4.90 Å². The van der Waals surface area contributed by atoms with Crippen LogP contribution >= 0.6 is 0 Å². The van der Waals surface area contributed by atoms with E-state index in [0.717, 1.165) is 43.2 Å². The van der Waals surface area contributed by atoms with E-state index in [9.17, 15) is 0 Å². The molecule has 1 aromatic rings. The number of morpholine rings is 1. The van der Waals surface area contributed by atoms with Gasteiger partial charge in [-0.2, -0.15) is 0 Å². The molecule has 0 radical (unpaired) electrons. The van der Waals surface area contributed by atoms with Gasteiger partial charge in [0.15, 0.2) is 0 Å². The number of hydrogen-bond donors (Lipinski definition) is 1. The van der Waals surface area contributed by atoms with Gasteiger partial charge in [0.05, 0.1) is 19.8 Å². The molecule has 1 aromatic carbocycles. The average Bonchev–Trinajstić information content (AvgIpc) is 2.37. The van der Waals surface area contributed by atoms with Crippen molar-refractivity contribution in [3.63, 3.8) is 0 Å². The lowest BCUT2D eigenvalue weighted by Crippen LogP contribution is -2.43. The molecule has 0 aromatic heterocycles. The number of rotatable bonds is 4. The van der Waals surface area contributed by atoms with Gasteiger partial charge in [-0.3, -0.25) is 0 Å². The van der Waals surface area contributed by atoms with Crippen molar-refractivity contribution >= 4 is 5.69 Å². The maximum atomic E-state index is 5.72. The number of ether oxygens (including phenoxy) is 2. The van der Waals surface area contributed by atoms with Crippen LogP contribution in [0.5, 0.6) is 5.75 Å². The second kappa shape index (κ2) is 6.07. The van der Waals surface area contributed by atoms with Gasteiger partial charge in [-0.25, -0.2) is 0 Å². The van der Waals surface area contributed by atoms with Gasteiger partial charge in [0.25, 0.3) is 0 Å². The standard InChI is InChI=1S/C14H22N2O2/c1-11-8-12(4-5-14(11)17-3)15-9-13-10-16(2)6-7-18-13/h4-5,8,13,15H,6-7,9-10H2,1-3H3. The Labute approximate surface area is 109 Å². The van der Waals surface area contributed by atoms with Gasteiger partial charge in [0.1, 0.15) is 5.75 Å². The molecular formula is C14H22N2O2. The first-order valence-electron chi connectivity index (χ1n) is 6.37. The zero-order chi connectivity index (χ0) is 13.0. The molecular weight excluding hydrogens is 228 g/mol. The average molecular weight is 250 g/mol. The minimum atomic E-state index is 0.270. The monoisotopic (exact) mass is 250 g/mol. The van der Waals surface area contributed by atoms with E-state index >= 15 is 0 Å². The molecule has 0 bridgehead atoms. The largest absolute Gasteiger partial charge is 0.496 e. The number of anilines is 1. The number of likely N-dealkylation sites (N-methyl/N-ethyl adjacent to an activating group) is 1. The van der Waals surface area contributed by atoms with E-state index in [1.54, 1.807) is 7.11 Å². The fourth-order valence-electron chi connectivity index (χ4n) is 2.21. The van der Waals surface area contributed by atoms with E-state index < -0.39 is 0 Å². The number of nitrogens with one attached hydrogen (secondary N) is 1. The van der Waals surface area contributed by atoms with Crippen LogP contribution in [-0.2, 0) is 4.74 Å². The van der Waals surface area contributed by atoms with E-state index in [4.69, 9.17) is 9.47 Å². The molecule has 1 aliphatic rings. The lowest BCUT2D eigenvalue weighted by molar-refractivity contribution is -0.0117. The fourth-order valence-corrected chi connectivity index (χ4v) is 2.21. The van der Waals surface area contributed by atoms with Gasteiger partial charge in [-0.15, -0.1) is 0 Å². The summed E-state index contributed by atoms with van der Waals surface area (Å²) in [7, 11) is 3.83. The highest BCUT2D eigenvalue weighted by molar-refractivity contribution is 5.50. The molecule has 0 spiro atoms. The number of aryl methyl sites for hydroxylation is 1. The minimum Gasteiger partial charge on any atom is -0.496 e. The van der Waals surface area contributed by atoms with Crippen LogP contribution in [-0.4, -0.2) is 51.4 Å². The van der Waals surface area contributed by atoms with E-state index in [-0.39, 0.29) is 6.10 Å². The molecule has 0 aliphatic carbocycles. The molecule has 1 atom stereocenters. The summed E-state index contributed by atoms with van der Waals surface area (Å²) in [6.45, 7) is 5.73. The highest BCUT2D eigenvalue weighted by atomic mass is 16.5. The molecule has 18 heavy (non-hydrogen) atoms. The zero-order valence-electron chi connectivity index (χ0n) is 11.4. The van der Waals surface area contributed by atoms with Crippen LogP contribution in [0.15, 0.2) is 18.2 Å². The first-order valence-corrected chi connectivity index (χ1v) is 6.37. The highest BCUT2D eigenvalue weighted by Crippen LogP contribution is 2.21. The Morgan fingerprint density at radius 3 is 3.00 bits per heavy atom.